The Morgan fingerprint density at radius 3 is 2.50 bits per heavy atom. The number of rotatable bonds is 6. The summed E-state index contributed by atoms with van der Waals surface area (Å²) >= 11 is 8.73. The lowest BCUT2D eigenvalue weighted by Crippen LogP contribution is -2.34. The summed E-state index contributed by atoms with van der Waals surface area (Å²) in [4.78, 5) is 22.9. The van der Waals surface area contributed by atoms with Crippen molar-refractivity contribution >= 4 is 39.3 Å². The molecule has 0 heterocycles. The molecule has 0 saturated carbocycles. The Morgan fingerprint density at radius 1 is 1.17 bits per heavy atom. The summed E-state index contributed by atoms with van der Waals surface area (Å²) in [6.45, 7) is 0.778. The summed E-state index contributed by atoms with van der Waals surface area (Å²) in [7, 11) is 0. The minimum absolute atomic E-state index is 0.111. The van der Waals surface area contributed by atoms with Gasteiger partial charge in [-0.15, -0.1) is 11.6 Å². The average molecular weight is 334 g/mol. The number of hydrogen-bond acceptors (Lipinski definition) is 2. The molecule has 1 rings (SSSR count). The van der Waals surface area contributed by atoms with Crippen LogP contribution in [0.3, 0.4) is 0 Å². The first-order chi connectivity index (χ1) is 8.65. The van der Waals surface area contributed by atoms with Crippen molar-refractivity contribution in [1.29, 1.82) is 0 Å². The molecule has 0 bridgehead atoms. The van der Waals surface area contributed by atoms with Crippen molar-refractivity contribution < 1.29 is 9.59 Å². The maximum absolute atomic E-state index is 11.8. The molecule has 2 N–H and O–H groups in total. The number of carbonyl (C=O) groups is 2. The molecule has 0 spiro atoms. The third-order valence-corrected chi connectivity index (χ3v) is 3.05. The van der Waals surface area contributed by atoms with E-state index >= 15 is 0 Å². The Balaban J connectivity index is 2.30. The molecule has 0 atom stereocenters. The second-order valence-corrected chi connectivity index (χ2v) is 4.76. The first-order valence-corrected chi connectivity index (χ1v) is 6.83. The van der Waals surface area contributed by atoms with E-state index in [0.29, 0.717) is 31.0 Å². The molecule has 0 radical (unpaired) electrons. The van der Waals surface area contributed by atoms with Gasteiger partial charge in [-0.1, -0.05) is 12.1 Å². The van der Waals surface area contributed by atoms with Gasteiger partial charge < -0.3 is 10.6 Å². The number of hydrogen-bond donors (Lipinski definition) is 2. The molecule has 1 aromatic rings. The lowest BCUT2D eigenvalue weighted by atomic mass is 10.2. The number of amides is 2. The Morgan fingerprint density at radius 2 is 1.83 bits per heavy atom. The van der Waals surface area contributed by atoms with Crippen LogP contribution in [0, 0.1) is 0 Å². The lowest BCUT2D eigenvalue weighted by Gasteiger charge is -2.07. The summed E-state index contributed by atoms with van der Waals surface area (Å²) in [5.74, 6) is 0.0176. The topological polar surface area (TPSA) is 58.2 Å². The SMILES string of the molecule is O=C(CCCl)NCCNC(=O)c1ccccc1Br. The Labute approximate surface area is 119 Å². The maximum atomic E-state index is 11.8. The van der Waals surface area contributed by atoms with Crippen molar-refractivity contribution in [3.8, 4) is 0 Å². The monoisotopic (exact) mass is 332 g/mol. The van der Waals surface area contributed by atoms with Gasteiger partial charge in [0.2, 0.25) is 5.91 Å². The zero-order valence-electron chi connectivity index (χ0n) is 9.71. The van der Waals surface area contributed by atoms with Crippen molar-refractivity contribution in [3.05, 3.63) is 34.3 Å². The third-order valence-electron chi connectivity index (χ3n) is 2.17. The summed E-state index contributed by atoms with van der Waals surface area (Å²) in [5.41, 5.74) is 0.574. The fourth-order valence-corrected chi connectivity index (χ4v) is 1.93. The predicted molar refractivity (Wildman–Crippen MR) is 74.8 cm³/mol. The van der Waals surface area contributed by atoms with Crippen LogP contribution in [0.15, 0.2) is 28.7 Å². The van der Waals surface area contributed by atoms with E-state index in [1.807, 2.05) is 6.07 Å². The van der Waals surface area contributed by atoms with Crippen LogP contribution < -0.4 is 10.6 Å². The van der Waals surface area contributed by atoms with Crippen molar-refractivity contribution in [2.45, 2.75) is 6.42 Å². The molecule has 0 aliphatic rings. The van der Waals surface area contributed by atoms with Gasteiger partial charge in [0, 0.05) is 29.9 Å². The number of nitrogens with one attached hydrogen (secondary N) is 2. The highest BCUT2D eigenvalue weighted by Gasteiger charge is 2.08. The van der Waals surface area contributed by atoms with E-state index in [0.717, 1.165) is 4.47 Å². The molecular formula is C12H14BrClN2O2. The largest absolute Gasteiger partial charge is 0.354 e. The molecule has 6 heteroatoms. The van der Waals surface area contributed by atoms with Gasteiger partial charge in [0.15, 0.2) is 0 Å². The fourth-order valence-electron chi connectivity index (χ4n) is 1.29. The van der Waals surface area contributed by atoms with Gasteiger partial charge in [-0.3, -0.25) is 9.59 Å². The van der Waals surface area contributed by atoms with E-state index < -0.39 is 0 Å². The van der Waals surface area contributed by atoms with Gasteiger partial charge in [-0.05, 0) is 28.1 Å². The van der Waals surface area contributed by atoms with Crippen LogP contribution in [0.25, 0.3) is 0 Å². The van der Waals surface area contributed by atoms with Gasteiger partial charge in [-0.2, -0.15) is 0 Å². The maximum Gasteiger partial charge on any atom is 0.252 e. The van der Waals surface area contributed by atoms with Crippen LogP contribution in [0.1, 0.15) is 16.8 Å². The van der Waals surface area contributed by atoms with Crippen molar-refractivity contribution in [2.24, 2.45) is 0 Å². The molecule has 4 nitrogen and oxygen atoms in total. The van der Waals surface area contributed by atoms with E-state index in [2.05, 4.69) is 26.6 Å². The Bertz CT molecular complexity index is 426. The van der Waals surface area contributed by atoms with Crippen LogP contribution >= 0.6 is 27.5 Å². The normalized spacial score (nSPS) is 9.89. The molecule has 2 amide bonds. The van der Waals surface area contributed by atoms with Gasteiger partial charge in [0.25, 0.3) is 5.91 Å². The summed E-state index contributed by atoms with van der Waals surface area (Å²) in [6, 6.07) is 7.16. The molecule has 0 aliphatic heterocycles. The van der Waals surface area contributed by atoms with Gasteiger partial charge in [0.1, 0.15) is 0 Å². The van der Waals surface area contributed by atoms with E-state index in [1.54, 1.807) is 18.2 Å². The molecule has 0 fully saturated rings. The van der Waals surface area contributed by atoms with Gasteiger partial charge in [0.05, 0.1) is 5.56 Å². The smallest absolute Gasteiger partial charge is 0.252 e. The van der Waals surface area contributed by atoms with E-state index in [-0.39, 0.29) is 11.8 Å². The Kier molecular flexibility index (Phi) is 6.75. The number of carbonyl (C=O) groups excluding carboxylic acids is 2. The first-order valence-electron chi connectivity index (χ1n) is 5.50. The molecule has 0 saturated heterocycles. The second kappa shape index (κ2) is 8.11. The minimum atomic E-state index is -0.172. The highest BCUT2D eigenvalue weighted by molar-refractivity contribution is 9.10. The number of halogens is 2. The first kappa shape index (κ1) is 15.0. The molecule has 1 aromatic carbocycles. The molecule has 18 heavy (non-hydrogen) atoms. The minimum Gasteiger partial charge on any atom is -0.354 e. The lowest BCUT2D eigenvalue weighted by molar-refractivity contribution is -0.120. The number of alkyl halides is 1. The zero-order chi connectivity index (χ0) is 13.4. The number of benzene rings is 1. The van der Waals surface area contributed by atoms with Crippen molar-refractivity contribution in [2.75, 3.05) is 19.0 Å². The van der Waals surface area contributed by atoms with Crippen LogP contribution in [-0.4, -0.2) is 30.8 Å². The van der Waals surface area contributed by atoms with E-state index in [4.69, 9.17) is 11.6 Å². The highest BCUT2D eigenvalue weighted by atomic mass is 79.9. The third kappa shape index (κ3) is 5.06. The molecule has 0 aliphatic carbocycles. The van der Waals surface area contributed by atoms with Crippen molar-refractivity contribution in [3.63, 3.8) is 0 Å². The summed E-state index contributed by atoms with van der Waals surface area (Å²) in [6.07, 6.45) is 0.291. The quantitative estimate of drug-likeness (QED) is 0.617. The molecule has 98 valence electrons. The van der Waals surface area contributed by atoms with E-state index in [1.165, 1.54) is 0 Å². The van der Waals surface area contributed by atoms with Gasteiger partial charge >= 0.3 is 0 Å². The molecule has 0 aromatic heterocycles. The average Bonchev–Trinajstić information content (AvgIpc) is 2.35. The summed E-state index contributed by atoms with van der Waals surface area (Å²) in [5, 5.41) is 5.38. The van der Waals surface area contributed by atoms with Crippen LogP contribution in [-0.2, 0) is 4.79 Å². The molecular weight excluding hydrogens is 320 g/mol. The van der Waals surface area contributed by atoms with Gasteiger partial charge in [-0.25, -0.2) is 0 Å². The van der Waals surface area contributed by atoms with Crippen LogP contribution in [0.4, 0.5) is 0 Å². The van der Waals surface area contributed by atoms with Crippen molar-refractivity contribution in [1.82, 2.24) is 10.6 Å². The predicted octanol–water partition coefficient (Wildman–Crippen LogP) is 1.92. The standard InChI is InChI=1S/C12H14BrClN2O2/c13-10-4-2-1-3-9(10)12(18)16-8-7-15-11(17)5-6-14/h1-4H,5-8H2,(H,15,17)(H,16,18). The highest BCUT2D eigenvalue weighted by Crippen LogP contribution is 2.15. The van der Waals surface area contributed by atoms with Crippen LogP contribution in [0.2, 0.25) is 0 Å². The van der Waals surface area contributed by atoms with E-state index in [9.17, 15) is 9.59 Å². The zero-order valence-corrected chi connectivity index (χ0v) is 12.1. The fraction of sp³-hybridized carbons (Fsp3) is 0.333. The second-order valence-electron chi connectivity index (χ2n) is 3.52. The molecule has 0 unspecified atom stereocenters. The summed E-state index contributed by atoms with van der Waals surface area (Å²) < 4.78 is 0.744. The Hall–Kier alpha value is -1.07. The van der Waals surface area contributed by atoms with Crippen LogP contribution in [0.5, 0.6) is 0 Å².